The molecule has 2 heterocycles. The highest BCUT2D eigenvalue weighted by Gasteiger charge is 2.49. The maximum atomic E-state index is 14.1. The molecule has 0 unspecified atom stereocenters. The molecule has 2 saturated heterocycles. The van der Waals surface area contributed by atoms with E-state index < -0.39 is 11.5 Å². The van der Waals surface area contributed by atoms with Gasteiger partial charge in [0.15, 0.2) is 0 Å². The van der Waals surface area contributed by atoms with E-state index in [0.717, 1.165) is 31.2 Å². The number of urea groups is 1. The molecule has 4 amide bonds. The molecule has 1 aromatic carbocycles. The molecule has 2 aliphatic heterocycles. The number of nitrogens with zero attached hydrogens (tertiary/aromatic N) is 2. The fourth-order valence-corrected chi connectivity index (χ4v) is 7.15. The summed E-state index contributed by atoms with van der Waals surface area (Å²) < 4.78 is 13.6. The molecule has 2 atom stereocenters. The molecular weight excluding hydrogens is 533 g/mol. The second kappa shape index (κ2) is 13.7. The van der Waals surface area contributed by atoms with Crippen molar-refractivity contribution in [1.29, 1.82) is 0 Å². The standard InChI is InChI=1S/C33H52FN5O3/c1-23(2)28-22-35-17-20-39(28)31(42)36-27(21-24-11-13-26(34)14-12-24)29(40)38-18-15-33(16-19-38,25-9-7-6-8-10-25)30(41)37-32(3,4)5/h11-14,23,25,27-28,35H,6-10,15-22H2,1-5H3,(H,36,42)(H,37,41)/t27-,28-/m1/s1. The molecule has 9 heteroatoms. The van der Waals surface area contributed by atoms with Gasteiger partial charge in [-0.15, -0.1) is 0 Å². The zero-order valence-electron chi connectivity index (χ0n) is 26.3. The van der Waals surface area contributed by atoms with Gasteiger partial charge in [-0.25, -0.2) is 9.18 Å². The third-order valence-corrected chi connectivity index (χ3v) is 9.56. The number of carbonyl (C=O) groups is 3. The maximum absolute atomic E-state index is 14.1. The molecule has 3 N–H and O–H groups in total. The Labute approximate surface area is 251 Å². The second-order valence-electron chi connectivity index (χ2n) is 14.1. The third kappa shape index (κ3) is 7.82. The third-order valence-electron chi connectivity index (χ3n) is 9.56. The molecule has 8 nitrogen and oxygen atoms in total. The summed E-state index contributed by atoms with van der Waals surface area (Å²) in [6.45, 7) is 13.2. The lowest BCUT2D eigenvalue weighted by molar-refractivity contribution is -0.147. The maximum Gasteiger partial charge on any atom is 0.318 e. The van der Waals surface area contributed by atoms with Crippen LogP contribution in [0.1, 0.15) is 85.1 Å². The number of amides is 4. The number of benzene rings is 1. The van der Waals surface area contributed by atoms with Crippen molar-refractivity contribution in [3.05, 3.63) is 35.6 Å². The summed E-state index contributed by atoms with van der Waals surface area (Å²) in [4.78, 5) is 45.2. The van der Waals surface area contributed by atoms with Crippen molar-refractivity contribution in [2.45, 2.75) is 104 Å². The number of halogens is 1. The first-order valence-corrected chi connectivity index (χ1v) is 16.0. The summed E-state index contributed by atoms with van der Waals surface area (Å²) in [6, 6.07) is 5.13. The molecular formula is C33H52FN5O3. The van der Waals surface area contributed by atoms with Crippen molar-refractivity contribution < 1.29 is 18.8 Å². The summed E-state index contributed by atoms with van der Waals surface area (Å²) >= 11 is 0. The molecule has 0 bridgehead atoms. The minimum Gasteiger partial charge on any atom is -0.351 e. The number of hydrogen-bond donors (Lipinski definition) is 3. The minimum atomic E-state index is -0.781. The van der Waals surface area contributed by atoms with Gasteiger partial charge < -0.3 is 25.8 Å². The van der Waals surface area contributed by atoms with Gasteiger partial charge in [-0.1, -0.05) is 45.2 Å². The highest BCUT2D eigenvalue weighted by molar-refractivity contribution is 5.88. The molecule has 1 saturated carbocycles. The fourth-order valence-electron chi connectivity index (χ4n) is 7.15. The molecule has 1 aromatic rings. The van der Waals surface area contributed by atoms with Crippen molar-refractivity contribution in [3.8, 4) is 0 Å². The van der Waals surface area contributed by atoms with E-state index >= 15 is 0 Å². The van der Waals surface area contributed by atoms with Crippen LogP contribution in [-0.2, 0) is 16.0 Å². The van der Waals surface area contributed by atoms with E-state index in [1.54, 1.807) is 12.1 Å². The van der Waals surface area contributed by atoms with Crippen LogP contribution in [0.2, 0.25) is 0 Å². The highest BCUT2D eigenvalue weighted by Crippen LogP contribution is 2.46. The summed E-state index contributed by atoms with van der Waals surface area (Å²) in [6.07, 6.45) is 7.13. The number of nitrogens with one attached hydrogen (secondary N) is 3. The summed E-state index contributed by atoms with van der Waals surface area (Å²) in [5, 5.41) is 9.70. The van der Waals surface area contributed by atoms with Crippen molar-refractivity contribution in [2.24, 2.45) is 17.3 Å². The molecule has 3 fully saturated rings. The van der Waals surface area contributed by atoms with E-state index in [-0.39, 0.29) is 47.6 Å². The van der Waals surface area contributed by atoms with Gasteiger partial charge in [0, 0.05) is 50.7 Å². The zero-order chi connectivity index (χ0) is 30.5. The van der Waals surface area contributed by atoms with E-state index in [1.165, 1.54) is 18.6 Å². The van der Waals surface area contributed by atoms with Crippen LogP contribution in [0, 0.1) is 23.1 Å². The van der Waals surface area contributed by atoms with Crippen LogP contribution in [-0.4, -0.2) is 78.0 Å². The lowest BCUT2D eigenvalue weighted by Gasteiger charge is -2.48. The van der Waals surface area contributed by atoms with E-state index in [4.69, 9.17) is 0 Å². The van der Waals surface area contributed by atoms with Crippen molar-refractivity contribution >= 4 is 17.8 Å². The quantitative estimate of drug-likeness (QED) is 0.440. The number of hydrogen-bond acceptors (Lipinski definition) is 4. The number of piperazine rings is 1. The van der Waals surface area contributed by atoms with Crippen LogP contribution < -0.4 is 16.0 Å². The van der Waals surface area contributed by atoms with Gasteiger partial charge in [0.05, 0.1) is 5.41 Å². The average Bonchev–Trinajstić information content (AvgIpc) is 2.97. The van der Waals surface area contributed by atoms with Crippen molar-refractivity contribution in [2.75, 3.05) is 32.7 Å². The second-order valence-corrected chi connectivity index (χ2v) is 14.1. The van der Waals surface area contributed by atoms with Crippen LogP contribution in [0.15, 0.2) is 24.3 Å². The molecule has 42 heavy (non-hydrogen) atoms. The molecule has 3 aliphatic rings. The van der Waals surface area contributed by atoms with Crippen LogP contribution in [0.4, 0.5) is 9.18 Å². The Bertz CT molecular complexity index is 1070. The highest BCUT2D eigenvalue weighted by atomic mass is 19.1. The first kappa shape index (κ1) is 32.2. The van der Waals surface area contributed by atoms with Crippen molar-refractivity contribution in [1.82, 2.24) is 25.8 Å². The van der Waals surface area contributed by atoms with Gasteiger partial charge in [0.1, 0.15) is 11.9 Å². The van der Waals surface area contributed by atoms with Gasteiger partial charge in [0.2, 0.25) is 11.8 Å². The molecule has 0 aromatic heterocycles. The Morgan fingerprint density at radius 3 is 2.26 bits per heavy atom. The number of piperidine rings is 1. The van der Waals surface area contributed by atoms with Crippen LogP contribution in [0.25, 0.3) is 0 Å². The molecule has 234 valence electrons. The van der Waals surface area contributed by atoms with Gasteiger partial charge in [-0.2, -0.15) is 0 Å². The largest absolute Gasteiger partial charge is 0.351 e. The first-order valence-electron chi connectivity index (χ1n) is 16.0. The molecule has 4 rings (SSSR count). The van der Waals surface area contributed by atoms with E-state index in [9.17, 15) is 18.8 Å². The predicted molar refractivity (Wildman–Crippen MR) is 163 cm³/mol. The fraction of sp³-hybridized carbons (Fsp3) is 0.727. The van der Waals surface area contributed by atoms with E-state index in [2.05, 4.69) is 29.8 Å². The topological polar surface area (TPSA) is 93.8 Å². The monoisotopic (exact) mass is 585 g/mol. The number of rotatable bonds is 7. The van der Waals surface area contributed by atoms with E-state index in [1.807, 2.05) is 30.6 Å². The normalized spacial score (nSPS) is 22.5. The molecule has 0 radical (unpaired) electrons. The molecule has 0 spiro atoms. The lowest BCUT2D eigenvalue weighted by atomic mass is 9.63. The Hall–Kier alpha value is -2.68. The SMILES string of the molecule is CC(C)[C@H]1CNCCN1C(=O)N[C@H](Cc1ccc(F)cc1)C(=O)N1CCC(C(=O)NC(C)(C)C)(C2CCCCC2)CC1. The average molecular weight is 586 g/mol. The lowest BCUT2D eigenvalue weighted by Crippen LogP contribution is -2.62. The Balaban J connectivity index is 1.52. The number of likely N-dealkylation sites (tertiary alicyclic amines) is 1. The van der Waals surface area contributed by atoms with Crippen LogP contribution >= 0.6 is 0 Å². The van der Waals surface area contributed by atoms with E-state index in [0.29, 0.717) is 51.5 Å². The summed E-state index contributed by atoms with van der Waals surface area (Å²) in [5.41, 5.74) is -0.0200. The van der Waals surface area contributed by atoms with Gasteiger partial charge in [0.25, 0.3) is 0 Å². The Morgan fingerprint density at radius 1 is 1.02 bits per heavy atom. The van der Waals surface area contributed by atoms with Crippen LogP contribution in [0.3, 0.4) is 0 Å². The van der Waals surface area contributed by atoms with Gasteiger partial charge >= 0.3 is 6.03 Å². The van der Waals surface area contributed by atoms with Crippen molar-refractivity contribution in [3.63, 3.8) is 0 Å². The Kier molecular flexibility index (Phi) is 10.5. The smallest absolute Gasteiger partial charge is 0.318 e. The molecule has 1 aliphatic carbocycles. The van der Waals surface area contributed by atoms with Gasteiger partial charge in [-0.05, 0) is 76.0 Å². The summed E-state index contributed by atoms with van der Waals surface area (Å²) in [5.74, 6) is 0.223. The predicted octanol–water partition coefficient (Wildman–Crippen LogP) is 4.48. The first-order chi connectivity index (χ1) is 19.9. The van der Waals surface area contributed by atoms with Gasteiger partial charge in [-0.3, -0.25) is 9.59 Å². The number of carbonyl (C=O) groups excluding carboxylic acids is 3. The van der Waals surface area contributed by atoms with Crippen LogP contribution in [0.5, 0.6) is 0 Å². The summed E-state index contributed by atoms with van der Waals surface area (Å²) in [7, 11) is 0. The Morgan fingerprint density at radius 2 is 1.67 bits per heavy atom. The zero-order valence-corrected chi connectivity index (χ0v) is 26.3. The minimum absolute atomic E-state index is 0.0350.